The van der Waals surface area contributed by atoms with Crippen molar-refractivity contribution in [2.24, 2.45) is 5.92 Å². The zero-order valence-electron chi connectivity index (χ0n) is 10.5. The van der Waals surface area contributed by atoms with Crippen molar-refractivity contribution < 1.29 is 14.3 Å². The molecule has 0 aromatic heterocycles. The predicted molar refractivity (Wildman–Crippen MR) is 63.7 cm³/mol. The Hall–Kier alpha value is -0.770. The third-order valence-corrected chi connectivity index (χ3v) is 2.08. The molecule has 0 aliphatic heterocycles. The van der Waals surface area contributed by atoms with E-state index in [1.807, 2.05) is 13.8 Å². The van der Waals surface area contributed by atoms with Crippen LogP contribution in [0.3, 0.4) is 0 Å². The number of amides is 1. The van der Waals surface area contributed by atoms with Gasteiger partial charge in [-0.05, 0) is 26.7 Å². The Morgan fingerprint density at radius 3 is 2.12 bits per heavy atom. The molecule has 4 nitrogen and oxygen atoms in total. The Bertz CT molecular complexity index is 258. The Balaban J connectivity index is 4.42. The molecule has 1 N–H and O–H groups in total. The van der Waals surface area contributed by atoms with Crippen molar-refractivity contribution in [1.82, 2.24) is 5.32 Å². The molecule has 1 atom stereocenters. The fourth-order valence-electron chi connectivity index (χ4n) is 1.14. The van der Waals surface area contributed by atoms with Gasteiger partial charge in [-0.3, -0.25) is 4.79 Å². The average molecular weight is 250 g/mol. The molecule has 0 saturated carbocycles. The molecule has 0 heterocycles. The molecular weight excluding hydrogens is 230 g/mol. The van der Waals surface area contributed by atoms with Gasteiger partial charge in [0.25, 0.3) is 0 Å². The lowest BCUT2D eigenvalue weighted by molar-refractivity contribution is -0.119. The number of nitrogens with one attached hydrogen (secondary N) is 1. The molecule has 0 aliphatic rings. The van der Waals surface area contributed by atoms with Crippen molar-refractivity contribution in [2.45, 2.75) is 46.3 Å². The highest BCUT2D eigenvalue weighted by molar-refractivity contribution is 6.28. The van der Waals surface area contributed by atoms with E-state index >= 15 is 0 Å². The van der Waals surface area contributed by atoms with Gasteiger partial charge in [0.05, 0.1) is 11.9 Å². The van der Waals surface area contributed by atoms with Crippen LogP contribution in [-0.4, -0.2) is 29.4 Å². The maximum Gasteiger partial charge on any atom is 0.408 e. The second kappa shape index (κ2) is 6.09. The van der Waals surface area contributed by atoms with Crippen LogP contribution in [0.5, 0.6) is 0 Å². The first-order chi connectivity index (χ1) is 7.17. The van der Waals surface area contributed by atoms with Gasteiger partial charge in [-0.25, -0.2) is 4.79 Å². The molecular formula is C11H20ClNO3. The summed E-state index contributed by atoms with van der Waals surface area (Å²) >= 11 is 5.47. The van der Waals surface area contributed by atoms with Crippen LogP contribution in [-0.2, 0) is 9.53 Å². The van der Waals surface area contributed by atoms with E-state index in [0.717, 1.165) is 0 Å². The molecule has 0 rings (SSSR count). The average Bonchev–Trinajstić information content (AvgIpc) is 2.09. The number of alkyl carbamates (subject to hydrolysis) is 1. The third-order valence-electron chi connectivity index (χ3n) is 1.82. The number of ketones is 1. The Kier molecular flexibility index (Phi) is 5.79. The largest absolute Gasteiger partial charge is 0.444 e. The summed E-state index contributed by atoms with van der Waals surface area (Å²) in [6.07, 6.45) is -0.593. The fourth-order valence-corrected chi connectivity index (χ4v) is 1.30. The van der Waals surface area contributed by atoms with Crippen LogP contribution in [0.1, 0.15) is 34.6 Å². The number of ether oxygens (including phenoxy) is 1. The van der Waals surface area contributed by atoms with Crippen LogP contribution in [0.2, 0.25) is 0 Å². The van der Waals surface area contributed by atoms with E-state index in [0.29, 0.717) is 0 Å². The first-order valence-electron chi connectivity index (χ1n) is 5.25. The molecule has 0 saturated heterocycles. The number of Topliss-reactive ketones (excluding diaryl/α,β-unsaturated/α-hetero) is 1. The number of halogens is 1. The normalized spacial score (nSPS) is 13.4. The molecule has 0 aromatic rings. The van der Waals surface area contributed by atoms with Gasteiger partial charge in [-0.1, -0.05) is 13.8 Å². The topological polar surface area (TPSA) is 55.4 Å². The second-order valence-electron chi connectivity index (χ2n) is 4.97. The molecule has 0 aromatic carbocycles. The number of hydrogen-bond donors (Lipinski definition) is 1. The van der Waals surface area contributed by atoms with E-state index in [2.05, 4.69) is 5.32 Å². The van der Waals surface area contributed by atoms with E-state index in [1.54, 1.807) is 20.8 Å². The minimum absolute atomic E-state index is 0.0150. The lowest BCUT2D eigenvalue weighted by Crippen LogP contribution is -2.46. The lowest BCUT2D eigenvalue weighted by Gasteiger charge is -2.24. The summed E-state index contributed by atoms with van der Waals surface area (Å²) in [4.78, 5) is 22.9. The minimum Gasteiger partial charge on any atom is -0.444 e. The SMILES string of the molecule is CC(C)C(NC(=O)OC(C)(C)C)C(=O)CCl. The van der Waals surface area contributed by atoms with Crippen molar-refractivity contribution in [3.8, 4) is 0 Å². The van der Waals surface area contributed by atoms with Crippen molar-refractivity contribution in [2.75, 3.05) is 5.88 Å². The van der Waals surface area contributed by atoms with Gasteiger partial charge in [0.15, 0.2) is 5.78 Å². The lowest BCUT2D eigenvalue weighted by atomic mass is 10.0. The van der Waals surface area contributed by atoms with E-state index in [-0.39, 0.29) is 17.6 Å². The molecule has 0 spiro atoms. The zero-order valence-corrected chi connectivity index (χ0v) is 11.2. The third kappa shape index (κ3) is 5.95. The van der Waals surface area contributed by atoms with Gasteiger partial charge in [-0.2, -0.15) is 0 Å². The quantitative estimate of drug-likeness (QED) is 0.778. The monoisotopic (exact) mass is 249 g/mol. The standard InChI is InChI=1S/C11H20ClNO3/c1-7(2)9(8(14)6-12)13-10(15)16-11(3,4)5/h7,9H,6H2,1-5H3,(H,13,15). The van der Waals surface area contributed by atoms with Crippen molar-refractivity contribution in [3.63, 3.8) is 0 Å². The molecule has 0 bridgehead atoms. The minimum atomic E-state index is -0.593. The molecule has 5 heteroatoms. The van der Waals surface area contributed by atoms with E-state index in [9.17, 15) is 9.59 Å². The summed E-state index contributed by atoms with van der Waals surface area (Å²) in [7, 11) is 0. The summed E-state index contributed by atoms with van der Waals surface area (Å²) in [6.45, 7) is 8.97. The van der Waals surface area contributed by atoms with Crippen LogP contribution < -0.4 is 5.32 Å². The molecule has 94 valence electrons. The molecule has 16 heavy (non-hydrogen) atoms. The van der Waals surface area contributed by atoms with Crippen LogP contribution in [0.15, 0.2) is 0 Å². The van der Waals surface area contributed by atoms with Crippen LogP contribution >= 0.6 is 11.6 Å². The molecule has 1 amide bonds. The maximum absolute atomic E-state index is 11.5. The van der Waals surface area contributed by atoms with Gasteiger partial charge in [-0.15, -0.1) is 11.6 Å². The van der Waals surface area contributed by atoms with Crippen molar-refractivity contribution in [3.05, 3.63) is 0 Å². The summed E-state index contributed by atoms with van der Waals surface area (Å²) < 4.78 is 5.07. The zero-order chi connectivity index (χ0) is 12.9. The fraction of sp³-hybridized carbons (Fsp3) is 0.818. The van der Waals surface area contributed by atoms with Crippen molar-refractivity contribution in [1.29, 1.82) is 0 Å². The number of carbonyl (C=O) groups excluding carboxylic acids is 2. The summed E-state index contributed by atoms with van der Waals surface area (Å²) in [5.74, 6) is -0.333. The number of hydrogen-bond acceptors (Lipinski definition) is 3. The smallest absolute Gasteiger partial charge is 0.408 e. The highest BCUT2D eigenvalue weighted by Crippen LogP contribution is 2.09. The highest BCUT2D eigenvalue weighted by Gasteiger charge is 2.25. The van der Waals surface area contributed by atoms with Crippen LogP contribution in [0.25, 0.3) is 0 Å². The first kappa shape index (κ1) is 15.2. The van der Waals surface area contributed by atoms with E-state index in [1.165, 1.54) is 0 Å². The second-order valence-corrected chi connectivity index (χ2v) is 5.24. The van der Waals surface area contributed by atoms with Gasteiger partial charge in [0, 0.05) is 0 Å². The summed E-state index contributed by atoms with van der Waals surface area (Å²) in [5, 5.41) is 2.53. The summed E-state index contributed by atoms with van der Waals surface area (Å²) in [6, 6.07) is -0.590. The van der Waals surface area contributed by atoms with E-state index < -0.39 is 17.7 Å². The number of alkyl halides is 1. The maximum atomic E-state index is 11.5. The van der Waals surface area contributed by atoms with Gasteiger partial charge in [0.1, 0.15) is 5.60 Å². The highest BCUT2D eigenvalue weighted by atomic mass is 35.5. The van der Waals surface area contributed by atoms with E-state index in [4.69, 9.17) is 16.3 Å². The predicted octanol–water partition coefficient (Wildman–Crippen LogP) is 2.34. The van der Waals surface area contributed by atoms with Gasteiger partial charge in [0.2, 0.25) is 0 Å². The molecule has 0 radical (unpaired) electrons. The number of rotatable bonds is 4. The van der Waals surface area contributed by atoms with Gasteiger partial charge < -0.3 is 10.1 Å². The molecule has 0 aliphatic carbocycles. The Labute approximate surface area is 102 Å². The van der Waals surface area contributed by atoms with Crippen molar-refractivity contribution >= 4 is 23.5 Å². The summed E-state index contributed by atoms with van der Waals surface area (Å²) in [5.41, 5.74) is -0.574. The Morgan fingerprint density at radius 1 is 1.31 bits per heavy atom. The van der Waals surface area contributed by atoms with Gasteiger partial charge >= 0.3 is 6.09 Å². The molecule has 1 unspecified atom stereocenters. The van der Waals surface area contributed by atoms with Crippen LogP contribution in [0.4, 0.5) is 4.79 Å². The first-order valence-corrected chi connectivity index (χ1v) is 5.79. The molecule has 0 fully saturated rings. The van der Waals surface area contributed by atoms with Crippen LogP contribution in [0, 0.1) is 5.92 Å². The number of carbonyl (C=O) groups is 2. The Morgan fingerprint density at radius 2 is 1.81 bits per heavy atom.